The molecule has 0 bridgehead atoms. The molecular weight excluding hydrogens is 876 g/mol. The minimum absolute atomic E-state index is 0.00645. The van der Waals surface area contributed by atoms with Gasteiger partial charge < -0.3 is 20.7 Å². The molecule has 3 aromatic carbocycles. The van der Waals surface area contributed by atoms with Gasteiger partial charge in [0.15, 0.2) is 11.5 Å². The van der Waals surface area contributed by atoms with Gasteiger partial charge in [0.25, 0.3) is 23.6 Å². The molecule has 4 saturated heterocycles. The van der Waals surface area contributed by atoms with Crippen LogP contribution in [0.1, 0.15) is 74.8 Å². The van der Waals surface area contributed by atoms with Gasteiger partial charge in [-0.2, -0.15) is 0 Å². The van der Waals surface area contributed by atoms with Crippen molar-refractivity contribution in [2.75, 3.05) is 57.0 Å². The number of anilines is 2. The Morgan fingerprint density at radius 1 is 0.866 bits per heavy atom. The third-order valence-corrected chi connectivity index (χ3v) is 13.8. The highest BCUT2D eigenvalue weighted by atomic mass is 19.3. The molecule has 5 amide bonds. The van der Waals surface area contributed by atoms with Crippen LogP contribution < -0.4 is 31.7 Å². The number of piperidine rings is 3. The fraction of sp³-hybridized carbons (Fsp3) is 0.391. The third kappa shape index (κ3) is 7.74. The zero-order chi connectivity index (χ0) is 46.9. The number of fused-ring (bicyclic) bond motifs is 2. The minimum atomic E-state index is -3.31. The molecule has 10 rings (SSSR count). The van der Waals surface area contributed by atoms with E-state index in [1.807, 2.05) is 4.90 Å². The van der Waals surface area contributed by atoms with Crippen LogP contribution in [0.2, 0.25) is 0 Å². The molecule has 4 N–H and O–H groups in total. The van der Waals surface area contributed by atoms with E-state index in [-0.39, 0.29) is 77.3 Å². The Bertz CT molecular complexity index is 2910. The summed E-state index contributed by atoms with van der Waals surface area (Å²) in [6.45, 7) is 2.64. The van der Waals surface area contributed by atoms with Crippen LogP contribution in [0.5, 0.6) is 5.75 Å². The van der Waals surface area contributed by atoms with E-state index >= 15 is 8.78 Å². The number of imidazole rings is 1. The predicted octanol–water partition coefficient (Wildman–Crippen LogP) is 2.88. The highest BCUT2D eigenvalue weighted by Gasteiger charge is 2.50. The van der Waals surface area contributed by atoms with Gasteiger partial charge in [-0.05, 0) is 79.8 Å². The summed E-state index contributed by atoms with van der Waals surface area (Å²) in [6.07, 6.45) is 2.63. The first-order chi connectivity index (χ1) is 32.2. The zero-order valence-corrected chi connectivity index (χ0v) is 36.3. The third-order valence-electron chi connectivity index (χ3n) is 13.8. The number of carbonyl (C=O) groups is 5. The maximum Gasteiger partial charge on any atom is 0.335 e. The average Bonchev–Trinajstić information content (AvgIpc) is 3.73. The molecule has 0 saturated carbocycles. The summed E-state index contributed by atoms with van der Waals surface area (Å²) in [6, 6.07) is 12.8. The molecule has 348 valence electrons. The summed E-state index contributed by atoms with van der Waals surface area (Å²) in [4.78, 5) is 93.3. The Hall–Kier alpha value is -7.13. The Morgan fingerprint density at radius 3 is 2.30 bits per heavy atom. The first-order valence-corrected chi connectivity index (χ1v) is 22.1. The van der Waals surface area contributed by atoms with Gasteiger partial charge in [-0.15, -0.1) is 0 Å². The fourth-order valence-corrected chi connectivity index (χ4v) is 10.2. The van der Waals surface area contributed by atoms with Gasteiger partial charge in [-0.25, -0.2) is 27.9 Å². The Labute approximate surface area is 380 Å². The van der Waals surface area contributed by atoms with Crippen molar-refractivity contribution in [3.05, 3.63) is 106 Å². The molecule has 67 heavy (non-hydrogen) atoms. The van der Waals surface area contributed by atoms with Gasteiger partial charge in [0.2, 0.25) is 11.8 Å². The van der Waals surface area contributed by atoms with Crippen molar-refractivity contribution >= 4 is 52.2 Å². The largest absolute Gasteiger partial charge is 0.496 e. The van der Waals surface area contributed by atoms with E-state index in [2.05, 4.69) is 30.4 Å². The molecule has 0 aliphatic carbocycles. The number of methoxy groups -OCH3 is 1. The molecular formula is C46H46F3N11O7. The number of nitrogens with two attached hydrogens (primary N) is 1. The highest BCUT2D eigenvalue weighted by molar-refractivity contribution is 6.23. The molecule has 5 aromatic rings. The molecule has 2 atom stereocenters. The second-order valence-corrected chi connectivity index (χ2v) is 17.7. The standard InChI is InChI=1S/C46H46F3N11O7/c1-67-35-10-4-26(47)18-33(35)41(62)51-20-25-2-5-28(6-3-25)58-38-39(50)52-24-53-40(38)60(45(58)66)36-14-17-56(23-46(36,48)49)27-12-15-55(16-13-27)30-21-57(22-30)29-7-8-31-32(19-29)44(65)59(43(31)64)34-9-11-37(61)54-42(34)63/h2-8,10,18-19,24,27,30,34,36H,9,11-17,20-23H2,1H3,(H,51,62)(H2,50,52,53)(H,54,61,63)/t34?,36-/m0/s1. The van der Waals surface area contributed by atoms with Crippen LogP contribution in [0, 0.1) is 5.82 Å². The summed E-state index contributed by atoms with van der Waals surface area (Å²) in [5, 5.41) is 4.94. The normalized spacial score (nSPS) is 21.7. The van der Waals surface area contributed by atoms with E-state index in [1.54, 1.807) is 42.5 Å². The molecule has 2 aromatic heterocycles. The van der Waals surface area contributed by atoms with Crippen molar-refractivity contribution in [1.82, 2.24) is 44.4 Å². The molecule has 4 fully saturated rings. The number of benzene rings is 3. The maximum absolute atomic E-state index is 16.5. The Balaban J connectivity index is 0.762. The maximum atomic E-state index is 16.5. The lowest BCUT2D eigenvalue weighted by Gasteiger charge is -2.50. The zero-order valence-electron chi connectivity index (χ0n) is 36.3. The van der Waals surface area contributed by atoms with E-state index in [9.17, 15) is 33.2 Å². The van der Waals surface area contributed by atoms with Crippen LogP contribution in [0.3, 0.4) is 0 Å². The summed E-state index contributed by atoms with van der Waals surface area (Å²) in [5.41, 5.74) is 7.87. The van der Waals surface area contributed by atoms with E-state index in [1.165, 1.54) is 23.8 Å². The monoisotopic (exact) mass is 921 g/mol. The van der Waals surface area contributed by atoms with Crippen LogP contribution in [0.25, 0.3) is 16.9 Å². The molecule has 5 aliphatic heterocycles. The number of nitrogen functional groups attached to an aromatic ring is 1. The van der Waals surface area contributed by atoms with Crippen LogP contribution in [-0.4, -0.2) is 134 Å². The van der Waals surface area contributed by atoms with Crippen LogP contribution in [0.4, 0.5) is 24.7 Å². The lowest BCUT2D eigenvalue weighted by Crippen LogP contribution is -2.62. The van der Waals surface area contributed by atoms with Crippen molar-refractivity contribution in [2.45, 2.75) is 68.7 Å². The SMILES string of the molecule is COc1ccc(F)cc1C(=O)NCc1ccc(-n2c(=O)n([C@H]3CCN(C4CCN(C5CN(c6ccc7c(c6)C(=O)N(C6CCC(=O)NC6=O)C7=O)C5)CC4)CC3(F)F)c3ncnc(N)c32)cc1. The quantitative estimate of drug-likeness (QED) is 0.173. The van der Waals surface area contributed by atoms with Crippen molar-refractivity contribution in [1.29, 1.82) is 0 Å². The molecule has 7 heterocycles. The van der Waals surface area contributed by atoms with Crippen molar-refractivity contribution < 1.29 is 41.9 Å². The van der Waals surface area contributed by atoms with Crippen molar-refractivity contribution in [2.24, 2.45) is 0 Å². The molecule has 0 radical (unpaired) electrons. The van der Waals surface area contributed by atoms with Crippen LogP contribution in [-0.2, 0) is 16.1 Å². The van der Waals surface area contributed by atoms with Gasteiger partial charge in [-0.1, -0.05) is 12.1 Å². The van der Waals surface area contributed by atoms with Gasteiger partial charge in [0.1, 0.15) is 35.5 Å². The number of amides is 5. The molecule has 0 spiro atoms. The van der Waals surface area contributed by atoms with Gasteiger partial charge in [0, 0.05) is 63.5 Å². The lowest BCUT2D eigenvalue weighted by molar-refractivity contribution is -0.136. The smallest absolute Gasteiger partial charge is 0.335 e. The molecule has 1 unspecified atom stereocenters. The number of carbonyl (C=O) groups excluding carboxylic acids is 5. The predicted molar refractivity (Wildman–Crippen MR) is 236 cm³/mol. The summed E-state index contributed by atoms with van der Waals surface area (Å²) < 4.78 is 54.3. The topological polar surface area (TPSA) is 210 Å². The number of nitrogens with one attached hydrogen (secondary N) is 2. The fourth-order valence-electron chi connectivity index (χ4n) is 10.2. The van der Waals surface area contributed by atoms with Gasteiger partial charge in [-0.3, -0.25) is 53.1 Å². The number of halogens is 3. The summed E-state index contributed by atoms with van der Waals surface area (Å²) >= 11 is 0. The van der Waals surface area contributed by atoms with E-state index in [0.29, 0.717) is 56.8 Å². The first-order valence-electron chi connectivity index (χ1n) is 22.1. The Morgan fingerprint density at radius 2 is 1.58 bits per heavy atom. The second kappa shape index (κ2) is 16.9. The Kier molecular flexibility index (Phi) is 11.1. The van der Waals surface area contributed by atoms with Gasteiger partial charge >= 0.3 is 5.69 Å². The number of nitrogens with zero attached hydrogens (tertiary/aromatic N) is 8. The summed E-state index contributed by atoms with van der Waals surface area (Å²) in [5.74, 6) is -6.50. The van der Waals surface area contributed by atoms with Gasteiger partial charge in [0.05, 0.1) is 36.0 Å². The molecule has 5 aliphatic rings. The number of likely N-dealkylation sites (tertiary alicyclic amines) is 2. The minimum Gasteiger partial charge on any atom is -0.496 e. The number of ether oxygens (including phenoxy) is 1. The molecule has 18 nitrogen and oxygen atoms in total. The van der Waals surface area contributed by atoms with Crippen LogP contribution in [0.15, 0.2) is 71.8 Å². The second-order valence-electron chi connectivity index (χ2n) is 17.7. The number of rotatable bonds is 10. The average molecular weight is 922 g/mol. The van der Waals surface area contributed by atoms with Crippen LogP contribution >= 0.6 is 0 Å². The van der Waals surface area contributed by atoms with Crippen molar-refractivity contribution in [3.8, 4) is 11.4 Å². The highest BCUT2D eigenvalue weighted by Crippen LogP contribution is 2.40. The van der Waals surface area contributed by atoms with E-state index in [0.717, 1.165) is 27.5 Å². The number of hydrogen-bond acceptors (Lipinski definition) is 13. The lowest BCUT2D eigenvalue weighted by atomic mass is 9.93. The number of alkyl halides is 2. The number of aromatic nitrogens is 4. The molecule has 21 heteroatoms. The summed E-state index contributed by atoms with van der Waals surface area (Å²) in [7, 11) is 1.38. The first kappa shape index (κ1) is 43.7. The van der Waals surface area contributed by atoms with E-state index in [4.69, 9.17) is 10.5 Å². The van der Waals surface area contributed by atoms with E-state index < -0.39 is 65.6 Å². The number of imide groups is 2. The number of hydrogen-bond donors (Lipinski definition) is 3. The van der Waals surface area contributed by atoms with Crippen molar-refractivity contribution in [3.63, 3.8) is 0 Å².